The molecule has 0 unspecified atom stereocenters. The van der Waals surface area contributed by atoms with Gasteiger partial charge in [-0.1, -0.05) is 11.6 Å². The van der Waals surface area contributed by atoms with Crippen LogP contribution < -0.4 is 5.32 Å². The van der Waals surface area contributed by atoms with Crippen molar-refractivity contribution in [3.63, 3.8) is 0 Å². The van der Waals surface area contributed by atoms with Gasteiger partial charge in [-0.2, -0.15) is 5.10 Å². The van der Waals surface area contributed by atoms with E-state index in [-0.39, 0.29) is 5.82 Å². The summed E-state index contributed by atoms with van der Waals surface area (Å²) >= 11 is 6.11. The smallest absolute Gasteiger partial charge is 0.156 e. The van der Waals surface area contributed by atoms with Crippen molar-refractivity contribution in [2.75, 3.05) is 5.32 Å². The number of nitrogens with zero attached hydrogens (tertiary/aromatic N) is 3. The summed E-state index contributed by atoms with van der Waals surface area (Å²) in [5.41, 5.74) is 2.12. The molecule has 6 heteroatoms. The van der Waals surface area contributed by atoms with Crippen molar-refractivity contribution in [1.29, 1.82) is 0 Å². The molecule has 1 saturated carbocycles. The molecule has 32 heavy (non-hydrogen) atoms. The third-order valence-electron chi connectivity index (χ3n) is 6.72. The van der Waals surface area contributed by atoms with Gasteiger partial charge in [-0.05, 0) is 98.9 Å². The van der Waals surface area contributed by atoms with Crippen molar-refractivity contribution in [3.05, 3.63) is 71.3 Å². The topological polar surface area (TPSA) is 50.7 Å². The molecule has 0 radical (unpaired) electrons. The Hall–Kier alpha value is -2.79. The highest BCUT2D eigenvalue weighted by molar-refractivity contribution is 6.31. The average molecular weight is 449 g/mol. The lowest BCUT2D eigenvalue weighted by Crippen LogP contribution is -2.23. The van der Waals surface area contributed by atoms with E-state index in [0.717, 1.165) is 46.8 Å². The van der Waals surface area contributed by atoms with E-state index < -0.39 is 0 Å². The van der Waals surface area contributed by atoms with E-state index >= 15 is 0 Å². The molecule has 2 aromatic carbocycles. The Morgan fingerprint density at radius 1 is 1.06 bits per heavy atom. The third kappa shape index (κ3) is 4.40. The normalized spacial score (nSPS) is 19.8. The van der Waals surface area contributed by atoms with Crippen LogP contribution in [0.2, 0.25) is 5.02 Å². The highest BCUT2D eigenvalue weighted by Crippen LogP contribution is 2.40. The quantitative estimate of drug-likeness (QED) is 0.352. The molecule has 0 aliphatic heterocycles. The van der Waals surface area contributed by atoms with Crippen LogP contribution in [0.5, 0.6) is 0 Å². The highest BCUT2D eigenvalue weighted by Gasteiger charge is 2.25. The first-order valence-corrected chi connectivity index (χ1v) is 11.7. The van der Waals surface area contributed by atoms with Crippen LogP contribution in [0.4, 0.5) is 10.2 Å². The van der Waals surface area contributed by atoms with Crippen molar-refractivity contribution in [1.82, 2.24) is 15.2 Å². The summed E-state index contributed by atoms with van der Waals surface area (Å²) in [6, 6.07) is 13.1. The van der Waals surface area contributed by atoms with Gasteiger partial charge in [-0.15, -0.1) is 5.10 Å². The minimum Gasteiger partial charge on any atom is -0.366 e. The van der Waals surface area contributed by atoms with Crippen LogP contribution in [-0.2, 0) is 0 Å². The van der Waals surface area contributed by atoms with Gasteiger partial charge >= 0.3 is 0 Å². The van der Waals surface area contributed by atoms with Crippen molar-refractivity contribution in [2.45, 2.75) is 51.0 Å². The van der Waals surface area contributed by atoms with Crippen LogP contribution in [-0.4, -0.2) is 21.2 Å². The summed E-state index contributed by atoms with van der Waals surface area (Å²) in [6.07, 6.45) is 9.28. The lowest BCUT2D eigenvalue weighted by molar-refractivity contribution is 0.302. The monoisotopic (exact) mass is 448 g/mol. The number of rotatable bonds is 5. The summed E-state index contributed by atoms with van der Waals surface area (Å²) < 4.78 is 13.8. The minimum atomic E-state index is -0.195. The Morgan fingerprint density at radius 2 is 1.91 bits per heavy atom. The fourth-order valence-electron chi connectivity index (χ4n) is 5.16. The molecular formula is C26H26ClFN4. The Labute approximate surface area is 192 Å². The zero-order valence-electron chi connectivity index (χ0n) is 18.1. The summed E-state index contributed by atoms with van der Waals surface area (Å²) in [5, 5.41) is 15.7. The largest absolute Gasteiger partial charge is 0.366 e. The Bertz CT molecular complexity index is 1250. The maximum Gasteiger partial charge on any atom is 0.156 e. The maximum absolute atomic E-state index is 13.8. The Morgan fingerprint density at radius 3 is 2.75 bits per heavy atom. The predicted molar refractivity (Wildman–Crippen MR) is 129 cm³/mol. The van der Waals surface area contributed by atoms with Crippen LogP contribution in [0, 0.1) is 11.7 Å². The van der Waals surface area contributed by atoms with Gasteiger partial charge in [0.25, 0.3) is 0 Å². The summed E-state index contributed by atoms with van der Waals surface area (Å²) in [6.45, 7) is 2.21. The van der Waals surface area contributed by atoms with Gasteiger partial charge in [0.05, 0.1) is 11.7 Å². The van der Waals surface area contributed by atoms with Gasteiger partial charge < -0.3 is 5.32 Å². The molecular weight excluding hydrogens is 423 g/mol. The molecule has 2 aromatic heterocycles. The molecule has 4 aromatic rings. The number of fused-ring (bicyclic) bond motifs is 2. The van der Waals surface area contributed by atoms with Gasteiger partial charge in [0.1, 0.15) is 5.82 Å². The van der Waals surface area contributed by atoms with Crippen LogP contribution in [0.25, 0.3) is 21.7 Å². The Balaban J connectivity index is 1.23. The summed E-state index contributed by atoms with van der Waals surface area (Å²) in [4.78, 5) is 4.41. The van der Waals surface area contributed by atoms with Gasteiger partial charge in [0.15, 0.2) is 5.82 Å². The van der Waals surface area contributed by atoms with E-state index in [1.807, 2.05) is 24.4 Å². The maximum atomic E-state index is 13.8. The zero-order chi connectivity index (χ0) is 22.1. The first-order valence-electron chi connectivity index (χ1n) is 11.3. The lowest BCUT2D eigenvalue weighted by Gasteiger charge is -2.31. The van der Waals surface area contributed by atoms with Crippen molar-refractivity contribution >= 4 is 39.1 Å². The molecule has 0 bridgehead atoms. The van der Waals surface area contributed by atoms with E-state index in [1.54, 1.807) is 18.3 Å². The number of pyridine rings is 1. The molecule has 4 nitrogen and oxygen atoms in total. The van der Waals surface area contributed by atoms with E-state index in [4.69, 9.17) is 11.6 Å². The van der Waals surface area contributed by atoms with Gasteiger partial charge in [-0.3, -0.25) is 4.98 Å². The number of halogens is 2. The van der Waals surface area contributed by atoms with E-state index in [1.165, 1.54) is 24.5 Å². The molecule has 2 heterocycles. The third-order valence-corrected chi connectivity index (χ3v) is 6.95. The number of benzene rings is 2. The van der Waals surface area contributed by atoms with Crippen LogP contribution in [0.15, 0.2) is 54.9 Å². The molecule has 5 rings (SSSR count). The predicted octanol–water partition coefficient (Wildman–Crippen LogP) is 7.14. The second-order valence-electron chi connectivity index (χ2n) is 8.99. The fourth-order valence-corrected chi connectivity index (χ4v) is 5.34. The van der Waals surface area contributed by atoms with Crippen molar-refractivity contribution in [2.24, 2.45) is 5.92 Å². The second-order valence-corrected chi connectivity index (χ2v) is 9.42. The molecule has 1 aliphatic carbocycles. The number of hydrogen-bond donors (Lipinski definition) is 1. The molecule has 0 saturated heterocycles. The van der Waals surface area contributed by atoms with Crippen LogP contribution >= 0.6 is 11.6 Å². The van der Waals surface area contributed by atoms with Crippen molar-refractivity contribution < 1.29 is 4.39 Å². The van der Waals surface area contributed by atoms with Gasteiger partial charge in [0.2, 0.25) is 0 Å². The molecule has 0 spiro atoms. The second kappa shape index (κ2) is 8.99. The molecule has 1 atom stereocenters. The molecule has 164 valence electrons. The highest BCUT2D eigenvalue weighted by atomic mass is 35.5. The lowest BCUT2D eigenvalue weighted by atomic mass is 9.76. The number of hydrogen-bond acceptors (Lipinski definition) is 4. The standard InChI is InChI=1S/C26H26ClFN4/c1-16(31-26-23-8-6-20(27)13-19(23)15-30-32-26)12-17-2-4-18(5-3-17)22-10-11-29-25-9-7-21(28)14-24(22)25/h6-11,13-18H,2-5,12H2,1H3,(H,31,32)/t16-,17-,18+/m1/s1. The number of anilines is 1. The van der Waals surface area contributed by atoms with Crippen LogP contribution in [0.3, 0.4) is 0 Å². The number of nitrogens with one attached hydrogen (secondary N) is 1. The average Bonchev–Trinajstić information content (AvgIpc) is 2.79. The Kier molecular flexibility index (Phi) is 5.92. The molecule has 1 fully saturated rings. The molecule has 0 amide bonds. The van der Waals surface area contributed by atoms with E-state index in [0.29, 0.717) is 22.9 Å². The number of aromatic nitrogens is 3. The zero-order valence-corrected chi connectivity index (χ0v) is 18.8. The first-order chi connectivity index (χ1) is 15.6. The van der Waals surface area contributed by atoms with Gasteiger partial charge in [0, 0.05) is 33.4 Å². The summed E-state index contributed by atoms with van der Waals surface area (Å²) in [7, 11) is 0. The SMILES string of the molecule is C[C@H](C[C@H]1CC[C@@H](c2ccnc3ccc(F)cc32)CC1)Nc1nncc2cc(Cl)ccc12. The van der Waals surface area contributed by atoms with Gasteiger partial charge in [-0.25, -0.2) is 4.39 Å². The van der Waals surface area contributed by atoms with E-state index in [2.05, 4.69) is 33.5 Å². The molecule has 1 N–H and O–H groups in total. The summed E-state index contributed by atoms with van der Waals surface area (Å²) in [5.74, 6) is 1.75. The molecule has 1 aliphatic rings. The minimum absolute atomic E-state index is 0.195. The van der Waals surface area contributed by atoms with E-state index in [9.17, 15) is 4.39 Å². The van der Waals surface area contributed by atoms with Crippen molar-refractivity contribution in [3.8, 4) is 0 Å². The fraction of sp³-hybridized carbons (Fsp3) is 0.346. The van der Waals surface area contributed by atoms with Crippen LogP contribution in [0.1, 0.15) is 50.5 Å². The first kappa shape index (κ1) is 21.1.